The fraction of sp³-hybridized carbons (Fsp3) is 0.923. The zero-order valence-electron chi connectivity index (χ0n) is 11.4. The van der Waals surface area contributed by atoms with Crippen molar-refractivity contribution in [2.45, 2.75) is 32.3 Å². The lowest BCUT2D eigenvalue weighted by molar-refractivity contribution is -0.145. The molecule has 1 fully saturated rings. The third-order valence-corrected chi connectivity index (χ3v) is 2.90. The van der Waals surface area contributed by atoms with Gasteiger partial charge in [-0.2, -0.15) is 0 Å². The molecule has 0 amide bonds. The summed E-state index contributed by atoms with van der Waals surface area (Å²) >= 11 is 0. The molecule has 0 heterocycles. The second-order valence-corrected chi connectivity index (χ2v) is 4.94. The number of carbonyl (C=O) groups excluding carboxylic acids is 1. The summed E-state index contributed by atoms with van der Waals surface area (Å²) in [6.45, 7) is 4.89. The van der Waals surface area contributed by atoms with Crippen LogP contribution in [0.5, 0.6) is 0 Å². The molecule has 0 aromatic heterocycles. The molecule has 18 heavy (non-hydrogen) atoms. The quantitative estimate of drug-likeness (QED) is 0.461. The predicted molar refractivity (Wildman–Crippen MR) is 68.3 cm³/mol. The summed E-state index contributed by atoms with van der Waals surface area (Å²) in [5.41, 5.74) is 0. The van der Waals surface area contributed by atoms with Crippen molar-refractivity contribution in [1.82, 2.24) is 4.90 Å². The van der Waals surface area contributed by atoms with Gasteiger partial charge in [0, 0.05) is 19.7 Å². The monoisotopic (exact) mass is 259 g/mol. The van der Waals surface area contributed by atoms with Crippen molar-refractivity contribution < 1.29 is 19.4 Å². The summed E-state index contributed by atoms with van der Waals surface area (Å²) in [5, 5.41) is 9.69. The standard InChI is InChI=1S/C13H25NO4/c1-3-18-13(16)8-12(15)9-14(2)6-7-17-10-11-4-5-11/h11-12,15H,3-10H2,1-2H3. The van der Waals surface area contributed by atoms with Crippen LogP contribution in [0.4, 0.5) is 0 Å². The molecule has 0 aromatic carbocycles. The highest BCUT2D eigenvalue weighted by atomic mass is 16.5. The number of hydrogen-bond acceptors (Lipinski definition) is 5. The van der Waals surface area contributed by atoms with E-state index < -0.39 is 6.10 Å². The van der Waals surface area contributed by atoms with Gasteiger partial charge in [-0.25, -0.2) is 0 Å². The van der Waals surface area contributed by atoms with Gasteiger partial charge >= 0.3 is 5.97 Å². The highest BCUT2D eigenvalue weighted by molar-refractivity contribution is 5.69. The Morgan fingerprint density at radius 1 is 1.50 bits per heavy atom. The van der Waals surface area contributed by atoms with E-state index in [1.165, 1.54) is 12.8 Å². The highest BCUT2D eigenvalue weighted by Crippen LogP contribution is 2.28. The van der Waals surface area contributed by atoms with Crippen molar-refractivity contribution in [3.05, 3.63) is 0 Å². The Balaban J connectivity index is 1.98. The second kappa shape index (κ2) is 8.45. The van der Waals surface area contributed by atoms with E-state index in [1.807, 2.05) is 11.9 Å². The van der Waals surface area contributed by atoms with Crippen molar-refractivity contribution in [2.24, 2.45) is 5.92 Å². The molecule has 1 rings (SSSR count). The molecule has 1 aliphatic carbocycles. The number of rotatable bonds is 10. The van der Waals surface area contributed by atoms with E-state index in [0.717, 1.165) is 19.1 Å². The molecule has 0 radical (unpaired) electrons. The number of nitrogens with zero attached hydrogens (tertiary/aromatic N) is 1. The molecule has 106 valence electrons. The van der Waals surface area contributed by atoms with Crippen molar-refractivity contribution in [1.29, 1.82) is 0 Å². The van der Waals surface area contributed by atoms with E-state index in [4.69, 9.17) is 9.47 Å². The van der Waals surface area contributed by atoms with E-state index >= 15 is 0 Å². The average molecular weight is 259 g/mol. The molecule has 5 nitrogen and oxygen atoms in total. The number of ether oxygens (including phenoxy) is 2. The largest absolute Gasteiger partial charge is 0.466 e. The van der Waals surface area contributed by atoms with Gasteiger partial charge in [0.1, 0.15) is 0 Å². The van der Waals surface area contributed by atoms with Crippen molar-refractivity contribution >= 4 is 5.97 Å². The lowest BCUT2D eigenvalue weighted by atomic mass is 10.2. The van der Waals surface area contributed by atoms with Gasteiger partial charge in [-0.15, -0.1) is 0 Å². The van der Waals surface area contributed by atoms with Crippen LogP contribution in [0.2, 0.25) is 0 Å². The fourth-order valence-corrected chi connectivity index (χ4v) is 1.68. The zero-order valence-corrected chi connectivity index (χ0v) is 11.4. The Hall–Kier alpha value is -0.650. The Morgan fingerprint density at radius 2 is 2.22 bits per heavy atom. The number of likely N-dealkylation sites (N-methyl/N-ethyl adjacent to an activating group) is 1. The lowest BCUT2D eigenvalue weighted by Gasteiger charge is -2.19. The first-order valence-corrected chi connectivity index (χ1v) is 6.71. The van der Waals surface area contributed by atoms with Crippen LogP contribution in [0.25, 0.3) is 0 Å². The molecule has 0 aromatic rings. The smallest absolute Gasteiger partial charge is 0.308 e. The van der Waals surface area contributed by atoms with Crippen molar-refractivity contribution in [2.75, 3.05) is 40.0 Å². The molecule has 1 unspecified atom stereocenters. The summed E-state index contributed by atoms with van der Waals surface area (Å²) < 4.78 is 10.3. The third-order valence-electron chi connectivity index (χ3n) is 2.90. The fourth-order valence-electron chi connectivity index (χ4n) is 1.68. The molecular formula is C13H25NO4. The number of hydrogen-bond donors (Lipinski definition) is 1. The summed E-state index contributed by atoms with van der Waals surface area (Å²) in [6.07, 6.45) is 1.99. The van der Waals surface area contributed by atoms with Gasteiger partial charge in [0.05, 0.1) is 25.7 Å². The normalized spacial score (nSPS) is 16.9. The summed E-state index contributed by atoms with van der Waals surface area (Å²) in [7, 11) is 1.91. The molecule has 1 N–H and O–H groups in total. The molecule has 5 heteroatoms. The predicted octanol–water partition coefficient (Wildman–Crippen LogP) is 0.659. The Labute approximate surface area is 109 Å². The Morgan fingerprint density at radius 3 is 2.83 bits per heavy atom. The van der Waals surface area contributed by atoms with Crippen molar-refractivity contribution in [3.8, 4) is 0 Å². The summed E-state index contributed by atoms with van der Waals surface area (Å²) in [5.74, 6) is 0.438. The topological polar surface area (TPSA) is 59.0 Å². The molecule has 1 atom stereocenters. The second-order valence-electron chi connectivity index (χ2n) is 4.94. The first kappa shape index (κ1) is 15.4. The minimum Gasteiger partial charge on any atom is -0.466 e. The molecule has 0 saturated heterocycles. The molecule has 1 saturated carbocycles. The number of carbonyl (C=O) groups is 1. The minimum absolute atomic E-state index is 0.0567. The maximum atomic E-state index is 11.2. The van der Waals surface area contributed by atoms with Crippen LogP contribution < -0.4 is 0 Å². The average Bonchev–Trinajstić information content (AvgIpc) is 3.08. The van der Waals surface area contributed by atoms with Crippen LogP contribution in [0.15, 0.2) is 0 Å². The Kier molecular flexibility index (Phi) is 7.23. The maximum absolute atomic E-state index is 11.2. The summed E-state index contributed by atoms with van der Waals surface area (Å²) in [4.78, 5) is 13.1. The first-order valence-electron chi connectivity index (χ1n) is 6.71. The van der Waals surface area contributed by atoms with Gasteiger partial charge in [0.2, 0.25) is 0 Å². The van der Waals surface area contributed by atoms with Crippen LogP contribution in [0.1, 0.15) is 26.2 Å². The van der Waals surface area contributed by atoms with Crippen LogP contribution in [-0.4, -0.2) is 62.0 Å². The molecule has 1 aliphatic rings. The SMILES string of the molecule is CCOC(=O)CC(O)CN(C)CCOCC1CC1. The van der Waals surface area contributed by atoms with Gasteiger partial charge in [-0.3, -0.25) is 4.79 Å². The van der Waals surface area contributed by atoms with E-state index in [-0.39, 0.29) is 12.4 Å². The number of aliphatic hydroxyl groups is 1. The number of esters is 1. The molecule has 0 spiro atoms. The van der Waals surface area contributed by atoms with Crippen LogP contribution in [-0.2, 0) is 14.3 Å². The lowest BCUT2D eigenvalue weighted by Crippen LogP contribution is -2.33. The van der Waals surface area contributed by atoms with Gasteiger partial charge in [-0.05, 0) is 32.7 Å². The van der Waals surface area contributed by atoms with Crippen molar-refractivity contribution in [3.63, 3.8) is 0 Å². The summed E-state index contributed by atoms with van der Waals surface area (Å²) in [6, 6.07) is 0. The zero-order chi connectivity index (χ0) is 13.4. The van der Waals surface area contributed by atoms with E-state index in [2.05, 4.69) is 0 Å². The van der Waals surface area contributed by atoms with Crippen LogP contribution in [0.3, 0.4) is 0 Å². The molecule has 0 aliphatic heterocycles. The first-order chi connectivity index (χ1) is 8.61. The maximum Gasteiger partial charge on any atom is 0.308 e. The van der Waals surface area contributed by atoms with Gasteiger partial charge < -0.3 is 19.5 Å². The van der Waals surface area contributed by atoms with Gasteiger partial charge in [0.25, 0.3) is 0 Å². The van der Waals surface area contributed by atoms with E-state index in [1.54, 1.807) is 6.92 Å². The van der Waals surface area contributed by atoms with Gasteiger partial charge in [0.15, 0.2) is 0 Å². The van der Waals surface area contributed by atoms with Gasteiger partial charge in [-0.1, -0.05) is 0 Å². The van der Waals surface area contributed by atoms with E-state index in [0.29, 0.717) is 19.8 Å². The third kappa shape index (κ3) is 7.63. The number of aliphatic hydroxyl groups excluding tert-OH is 1. The molecule has 0 bridgehead atoms. The van der Waals surface area contributed by atoms with Crippen LogP contribution in [0, 0.1) is 5.92 Å². The Bertz CT molecular complexity index is 243. The minimum atomic E-state index is -0.669. The van der Waals surface area contributed by atoms with Crippen LogP contribution >= 0.6 is 0 Å². The van der Waals surface area contributed by atoms with E-state index in [9.17, 15) is 9.90 Å². The molecular weight excluding hydrogens is 234 g/mol. The highest BCUT2D eigenvalue weighted by Gasteiger charge is 2.21.